The summed E-state index contributed by atoms with van der Waals surface area (Å²) in [5, 5.41) is 3.56. The summed E-state index contributed by atoms with van der Waals surface area (Å²) in [5.74, 6) is 1.05. The first-order valence-corrected chi connectivity index (χ1v) is 8.50. The van der Waals surface area contributed by atoms with Gasteiger partial charge in [-0.2, -0.15) is 0 Å². The quantitative estimate of drug-likeness (QED) is 0.869. The van der Waals surface area contributed by atoms with Gasteiger partial charge in [-0.3, -0.25) is 4.79 Å². The molecule has 0 aromatic heterocycles. The molecule has 2 fully saturated rings. The third-order valence-corrected chi connectivity index (χ3v) is 5.13. The molecule has 1 amide bonds. The second-order valence-corrected chi connectivity index (χ2v) is 7.74. The molecule has 1 saturated heterocycles. The zero-order chi connectivity index (χ0) is 15.5. The van der Waals surface area contributed by atoms with Crippen LogP contribution in [0.25, 0.3) is 0 Å². The standard InChI is InChI=1S/C17H32N2O2/c1-13(16(20)19-9-11-21-12-10-19)18-15-7-5-14(6-8-15)17(2,3)4/h13-15,18H,5-12H2,1-4H3. The van der Waals surface area contributed by atoms with E-state index in [0.29, 0.717) is 24.7 Å². The summed E-state index contributed by atoms with van der Waals surface area (Å²) in [6, 6.07) is 0.433. The minimum absolute atomic E-state index is 0.0701. The Morgan fingerprint density at radius 2 is 1.71 bits per heavy atom. The van der Waals surface area contributed by atoms with E-state index in [1.165, 1.54) is 25.7 Å². The SMILES string of the molecule is CC(NC1CCC(C(C)(C)C)CC1)C(=O)N1CCOCC1. The summed E-state index contributed by atoms with van der Waals surface area (Å²) in [6.07, 6.45) is 4.95. The minimum atomic E-state index is -0.0701. The van der Waals surface area contributed by atoms with Crippen molar-refractivity contribution < 1.29 is 9.53 Å². The van der Waals surface area contributed by atoms with E-state index >= 15 is 0 Å². The molecule has 1 unspecified atom stereocenters. The van der Waals surface area contributed by atoms with Crippen LogP contribution in [-0.4, -0.2) is 49.2 Å². The molecule has 4 heteroatoms. The molecule has 1 heterocycles. The summed E-state index contributed by atoms with van der Waals surface area (Å²) in [5.41, 5.74) is 0.417. The average molecular weight is 296 g/mol. The molecule has 0 aromatic rings. The van der Waals surface area contributed by atoms with E-state index in [4.69, 9.17) is 4.74 Å². The largest absolute Gasteiger partial charge is 0.378 e. The van der Waals surface area contributed by atoms with Crippen LogP contribution in [0.15, 0.2) is 0 Å². The van der Waals surface area contributed by atoms with Crippen molar-refractivity contribution in [2.24, 2.45) is 11.3 Å². The van der Waals surface area contributed by atoms with Gasteiger partial charge in [-0.15, -0.1) is 0 Å². The number of carbonyl (C=O) groups excluding carboxylic acids is 1. The molecular formula is C17H32N2O2. The minimum Gasteiger partial charge on any atom is -0.378 e. The molecule has 4 nitrogen and oxygen atoms in total. The number of nitrogens with one attached hydrogen (secondary N) is 1. The third-order valence-electron chi connectivity index (χ3n) is 5.13. The number of amides is 1. The van der Waals surface area contributed by atoms with E-state index in [9.17, 15) is 4.79 Å². The number of carbonyl (C=O) groups is 1. The maximum Gasteiger partial charge on any atom is 0.239 e. The van der Waals surface area contributed by atoms with Crippen molar-refractivity contribution in [3.8, 4) is 0 Å². The number of ether oxygens (including phenoxy) is 1. The topological polar surface area (TPSA) is 41.6 Å². The van der Waals surface area contributed by atoms with Gasteiger partial charge in [0.05, 0.1) is 19.3 Å². The molecule has 2 aliphatic rings. The van der Waals surface area contributed by atoms with Crippen molar-refractivity contribution in [2.75, 3.05) is 26.3 Å². The highest BCUT2D eigenvalue weighted by atomic mass is 16.5. The summed E-state index contributed by atoms with van der Waals surface area (Å²) >= 11 is 0. The van der Waals surface area contributed by atoms with E-state index < -0.39 is 0 Å². The molecule has 1 saturated carbocycles. The second kappa shape index (κ2) is 7.10. The van der Waals surface area contributed by atoms with Crippen molar-refractivity contribution in [1.29, 1.82) is 0 Å². The Bertz CT molecular complexity index is 337. The predicted molar refractivity (Wildman–Crippen MR) is 85.2 cm³/mol. The molecule has 2 rings (SSSR count). The Balaban J connectivity index is 1.76. The lowest BCUT2D eigenvalue weighted by molar-refractivity contribution is -0.137. The lowest BCUT2D eigenvalue weighted by Crippen LogP contribution is -2.52. The molecule has 1 aliphatic carbocycles. The van der Waals surface area contributed by atoms with Gasteiger partial charge in [-0.1, -0.05) is 20.8 Å². The smallest absolute Gasteiger partial charge is 0.239 e. The first-order valence-electron chi connectivity index (χ1n) is 8.50. The Labute approximate surface area is 129 Å². The average Bonchev–Trinajstić information content (AvgIpc) is 2.47. The van der Waals surface area contributed by atoms with Gasteiger partial charge in [-0.05, 0) is 43.9 Å². The Kier molecular flexibility index (Phi) is 5.67. The van der Waals surface area contributed by atoms with E-state index in [2.05, 4.69) is 26.1 Å². The van der Waals surface area contributed by atoms with Gasteiger partial charge >= 0.3 is 0 Å². The number of hydrogen-bond acceptors (Lipinski definition) is 3. The van der Waals surface area contributed by atoms with Gasteiger partial charge in [0.25, 0.3) is 0 Å². The van der Waals surface area contributed by atoms with Crippen LogP contribution in [0.1, 0.15) is 53.4 Å². The van der Waals surface area contributed by atoms with Crippen LogP contribution < -0.4 is 5.32 Å². The number of morpholine rings is 1. The van der Waals surface area contributed by atoms with Gasteiger partial charge in [-0.25, -0.2) is 0 Å². The molecule has 0 bridgehead atoms. The number of rotatable bonds is 3. The number of nitrogens with zero attached hydrogens (tertiary/aromatic N) is 1. The van der Waals surface area contributed by atoms with Crippen LogP contribution in [0, 0.1) is 11.3 Å². The maximum atomic E-state index is 12.4. The van der Waals surface area contributed by atoms with Gasteiger partial charge < -0.3 is 15.0 Å². The van der Waals surface area contributed by atoms with Crippen molar-refractivity contribution in [2.45, 2.75) is 65.5 Å². The van der Waals surface area contributed by atoms with Crippen LogP contribution in [-0.2, 0) is 9.53 Å². The van der Waals surface area contributed by atoms with Crippen LogP contribution in [0.5, 0.6) is 0 Å². The first kappa shape index (κ1) is 16.8. The van der Waals surface area contributed by atoms with E-state index in [-0.39, 0.29) is 11.9 Å². The highest BCUT2D eigenvalue weighted by Gasteiger charge is 2.31. The highest BCUT2D eigenvalue weighted by molar-refractivity contribution is 5.81. The molecule has 122 valence electrons. The molecule has 0 spiro atoms. The van der Waals surface area contributed by atoms with Crippen LogP contribution in [0.4, 0.5) is 0 Å². The van der Waals surface area contributed by atoms with Crippen LogP contribution in [0.2, 0.25) is 0 Å². The summed E-state index contributed by atoms with van der Waals surface area (Å²) < 4.78 is 5.31. The van der Waals surface area contributed by atoms with Crippen molar-refractivity contribution in [3.05, 3.63) is 0 Å². The zero-order valence-electron chi connectivity index (χ0n) is 14.2. The monoisotopic (exact) mass is 296 g/mol. The third kappa shape index (κ3) is 4.68. The fraction of sp³-hybridized carbons (Fsp3) is 0.941. The van der Waals surface area contributed by atoms with Gasteiger partial charge in [0.2, 0.25) is 5.91 Å². The normalized spacial score (nSPS) is 29.2. The molecule has 0 aromatic carbocycles. The summed E-state index contributed by atoms with van der Waals surface area (Å²) in [4.78, 5) is 14.3. The second-order valence-electron chi connectivity index (χ2n) is 7.74. The lowest BCUT2D eigenvalue weighted by atomic mass is 9.71. The molecule has 1 aliphatic heterocycles. The molecule has 21 heavy (non-hydrogen) atoms. The number of hydrogen-bond donors (Lipinski definition) is 1. The molecule has 1 N–H and O–H groups in total. The first-order chi connectivity index (χ1) is 9.88. The van der Waals surface area contributed by atoms with Crippen LogP contribution >= 0.6 is 0 Å². The Morgan fingerprint density at radius 3 is 2.24 bits per heavy atom. The molecule has 0 radical (unpaired) electrons. The van der Waals surface area contributed by atoms with Crippen molar-refractivity contribution in [3.63, 3.8) is 0 Å². The fourth-order valence-corrected chi connectivity index (χ4v) is 3.61. The Hall–Kier alpha value is -0.610. The molecule has 1 atom stereocenters. The summed E-state index contributed by atoms with van der Waals surface area (Å²) in [6.45, 7) is 11.9. The fourth-order valence-electron chi connectivity index (χ4n) is 3.61. The van der Waals surface area contributed by atoms with E-state index in [1.54, 1.807) is 0 Å². The van der Waals surface area contributed by atoms with Gasteiger partial charge in [0.15, 0.2) is 0 Å². The zero-order valence-corrected chi connectivity index (χ0v) is 14.2. The predicted octanol–water partition coefficient (Wildman–Crippen LogP) is 2.43. The maximum absolute atomic E-state index is 12.4. The highest BCUT2D eigenvalue weighted by Crippen LogP contribution is 2.37. The van der Waals surface area contributed by atoms with E-state index in [1.807, 2.05) is 11.8 Å². The Morgan fingerprint density at radius 1 is 1.14 bits per heavy atom. The van der Waals surface area contributed by atoms with Crippen molar-refractivity contribution >= 4 is 5.91 Å². The lowest BCUT2D eigenvalue weighted by Gasteiger charge is -2.38. The molecular weight excluding hydrogens is 264 g/mol. The summed E-state index contributed by atoms with van der Waals surface area (Å²) in [7, 11) is 0. The van der Waals surface area contributed by atoms with Gasteiger partial charge in [0.1, 0.15) is 0 Å². The van der Waals surface area contributed by atoms with Gasteiger partial charge in [0, 0.05) is 19.1 Å². The van der Waals surface area contributed by atoms with Crippen molar-refractivity contribution in [1.82, 2.24) is 10.2 Å². The van der Waals surface area contributed by atoms with E-state index in [0.717, 1.165) is 19.0 Å². The van der Waals surface area contributed by atoms with Crippen LogP contribution in [0.3, 0.4) is 0 Å².